The number of nitrogens with one attached hydrogen (secondary N) is 1. The largest absolute Gasteiger partial charge is 0.366 e. The first kappa shape index (κ1) is 14.6. The van der Waals surface area contributed by atoms with Gasteiger partial charge in [0.05, 0.1) is 4.92 Å². The summed E-state index contributed by atoms with van der Waals surface area (Å²) in [5.74, 6) is -1.90. The number of rotatable bonds is 4. The van der Waals surface area contributed by atoms with Crippen LogP contribution in [0, 0.1) is 27.7 Å². The van der Waals surface area contributed by atoms with Crippen molar-refractivity contribution < 1.29 is 13.7 Å². The van der Waals surface area contributed by atoms with Crippen LogP contribution in [-0.4, -0.2) is 31.6 Å². The van der Waals surface area contributed by atoms with Crippen LogP contribution in [0.5, 0.6) is 0 Å². The van der Waals surface area contributed by atoms with Crippen LogP contribution in [0.25, 0.3) is 0 Å². The number of nitro benzene ring substituents is 1. The first-order chi connectivity index (χ1) is 9.50. The van der Waals surface area contributed by atoms with Gasteiger partial charge in [0.15, 0.2) is 17.3 Å². The monoisotopic (exact) mass is 285 g/mol. The molecule has 1 N–H and O–H groups in total. The predicted octanol–water partition coefficient (Wildman–Crippen LogP) is 2.31. The molecule has 0 spiro atoms. The molecule has 5 nitrogen and oxygen atoms in total. The highest BCUT2D eigenvalue weighted by Gasteiger charge is 2.26. The normalized spacial score (nSPS) is 16.1. The maximum atomic E-state index is 13.9. The van der Waals surface area contributed by atoms with E-state index in [0.29, 0.717) is 12.5 Å². The van der Waals surface area contributed by atoms with Crippen molar-refractivity contribution in [1.29, 1.82) is 0 Å². The summed E-state index contributed by atoms with van der Waals surface area (Å²) < 4.78 is 27.2. The Balaban J connectivity index is 2.25. The zero-order valence-electron chi connectivity index (χ0n) is 11.2. The molecule has 1 aliphatic rings. The standard InChI is InChI=1S/C13H17F2N3O2/c1-17(8-9-4-6-16-7-5-9)13-11(18(19)20)3-2-10(14)12(13)15/h2-3,9,16H,4-8H2,1H3. The van der Waals surface area contributed by atoms with E-state index in [1.165, 1.54) is 4.90 Å². The van der Waals surface area contributed by atoms with Crippen molar-refractivity contribution in [2.45, 2.75) is 12.8 Å². The van der Waals surface area contributed by atoms with Crippen LogP contribution in [0.3, 0.4) is 0 Å². The Morgan fingerprint density at radius 3 is 2.65 bits per heavy atom. The highest BCUT2D eigenvalue weighted by Crippen LogP contribution is 2.32. The van der Waals surface area contributed by atoms with Crippen molar-refractivity contribution in [2.24, 2.45) is 5.92 Å². The van der Waals surface area contributed by atoms with E-state index in [9.17, 15) is 18.9 Å². The summed E-state index contributed by atoms with van der Waals surface area (Å²) in [6.45, 7) is 2.24. The Bertz CT molecular complexity index is 505. The van der Waals surface area contributed by atoms with Crippen LogP contribution >= 0.6 is 0 Å². The second-order valence-electron chi connectivity index (χ2n) is 5.06. The van der Waals surface area contributed by atoms with Crippen LogP contribution in [0.15, 0.2) is 12.1 Å². The number of anilines is 1. The molecule has 0 bridgehead atoms. The van der Waals surface area contributed by atoms with E-state index in [0.717, 1.165) is 38.1 Å². The Morgan fingerprint density at radius 2 is 2.05 bits per heavy atom. The van der Waals surface area contributed by atoms with Gasteiger partial charge in [0.1, 0.15) is 0 Å². The molecule has 0 radical (unpaired) electrons. The zero-order chi connectivity index (χ0) is 14.7. The van der Waals surface area contributed by atoms with Gasteiger partial charge in [0.25, 0.3) is 5.69 Å². The molecule has 20 heavy (non-hydrogen) atoms. The molecule has 0 amide bonds. The number of hydrogen-bond donors (Lipinski definition) is 1. The topological polar surface area (TPSA) is 58.4 Å². The second-order valence-corrected chi connectivity index (χ2v) is 5.06. The highest BCUT2D eigenvalue weighted by atomic mass is 19.2. The Hall–Kier alpha value is -1.76. The van der Waals surface area contributed by atoms with Gasteiger partial charge in [-0.15, -0.1) is 0 Å². The van der Waals surface area contributed by atoms with E-state index in [1.807, 2.05) is 0 Å². The van der Waals surface area contributed by atoms with Crippen LogP contribution < -0.4 is 10.2 Å². The fourth-order valence-corrected chi connectivity index (χ4v) is 2.58. The van der Waals surface area contributed by atoms with Gasteiger partial charge in [-0.25, -0.2) is 8.78 Å². The molecule has 0 atom stereocenters. The molecule has 1 aromatic rings. The average Bonchev–Trinajstić information content (AvgIpc) is 2.42. The Labute approximate surface area is 115 Å². The summed E-state index contributed by atoms with van der Waals surface area (Å²) in [6, 6.07) is 1.79. The van der Waals surface area contributed by atoms with E-state index in [4.69, 9.17) is 0 Å². The summed E-state index contributed by atoms with van der Waals surface area (Å²) in [5.41, 5.74) is -0.672. The van der Waals surface area contributed by atoms with Crippen LogP contribution in [0.1, 0.15) is 12.8 Å². The molecule has 1 fully saturated rings. The number of benzene rings is 1. The molecular formula is C13H17F2N3O2. The minimum atomic E-state index is -1.16. The molecule has 0 saturated carbocycles. The molecular weight excluding hydrogens is 268 g/mol. The summed E-state index contributed by atoms with van der Waals surface area (Å²) in [5, 5.41) is 14.2. The lowest BCUT2D eigenvalue weighted by molar-refractivity contribution is -0.384. The van der Waals surface area contributed by atoms with Crippen molar-refractivity contribution in [3.05, 3.63) is 33.9 Å². The quantitative estimate of drug-likeness (QED) is 0.681. The van der Waals surface area contributed by atoms with Gasteiger partial charge in [-0.2, -0.15) is 0 Å². The molecule has 0 aromatic heterocycles. The summed E-state index contributed by atoms with van der Waals surface area (Å²) >= 11 is 0. The van der Waals surface area contributed by atoms with Gasteiger partial charge in [0, 0.05) is 19.7 Å². The van der Waals surface area contributed by atoms with Crippen LogP contribution in [-0.2, 0) is 0 Å². The Kier molecular flexibility index (Phi) is 4.49. The summed E-state index contributed by atoms with van der Waals surface area (Å²) in [4.78, 5) is 11.7. The lowest BCUT2D eigenvalue weighted by Gasteiger charge is -2.28. The van der Waals surface area contributed by atoms with Gasteiger partial charge >= 0.3 is 0 Å². The molecule has 1 aromatic carbocycles. The average molecular weight is 285 g/mol. The number of nitrogens with zero attached hydrogens (tertiary/aromatic N) is 2. The molecule has 110 valence electrons. The van der Waals surface area contributed by atoms with E-state index >= 15 is 0 Å². The smallest absolute Gasteiger partial charge is 0.295 e. The van der Waals surface area contributed by atoms with Crippen molar-refractivity contribution in [1.82, 2.24) is 5.32 Å². The fourth-order valence-electron chi connectivity index (χ4n) is 2.58. The van der Waals surface area contributed by atoms with E-state index in [2.05, 4.69) is 5.32 Å². The Morgan fingerprint density at radius 1 is 1.40 bits per heavy atom. The maximum Gasteiger partial charge on any atom is 0.295 e. The van der Waals surface area contributed by atoms with E-state index in [1.54, 1.807) is 7.05 Å². The van der Waals surface area contributed by atoms with Gasteiger partial charge in [-0.1, -0.05) is 0 Å². The number of hydrogen-bond acceptors (Lipinski definition) is 4. The fraction of sp³-hybridized carbons (Fsp3) is 0.538. The zero-order valence-corrected chi connectivity index (χ0v) is 11.2. The van der Waals surface area contributed by atoms with Crippen molar-refractivity contribution >= 4 is 11.4 Å². The minimum Gasteiger partial charge on any atom is -0.366 e. The van der Waals surface area contributed by atoms with Gasteiger partial charge in [-0.05, 0) is 37.9 Å². The third-order valence-electron chi connectivity index (χ3n) is 3.62. The highest BCUT2D eigenvalue weighted by molar-refractivity contribution is 5.64. The van der Waals surface area contributed by atoms with E-state index in [-0.39, 0.29) is 5.69 Å². The van der Waals surface area contributed by atoms with Gasteiger partial charge in [-0.3, -0.25) is 10.1 Å². The molecule has 0 unspecified atom stereocenters. The number of halogens is 2. The molecule has 2 rings (SSSR count). The van der Waals surface area contributed by atoms with Crippen molar-refractivity contribution in [2.75, 3.05) is 31.6 Å². The molecule has 0 aliphatic carbocycles. The maximum absolute atomic E-state index is 13.9. The summed E-state index contributed by atoms with van der Waals surface area (Å²) in [7, 11) is 1.56. The third-order valence-corrected chi connectivity index (χ3v) is 3.62. The van der Waals surface area contributed by atoms with Crippen molar-refractivity contribution in [3.8, 4) is 0 Å². The first-order valence-corrected chi connectivity index (χ1v) is 6.55. The number of nitro groups is 1. The molecule has 7 heteroatoms. The molecule has 1 aliphatic heterocycles. The number of piperidine rings is 1. The van der Waals surface area contributed by atoms with Crippen molar-refractivity contribution in [3.63, 3.8) is 0 Å². The summed E-state index contributed by atoms with van der Waals surface area (Å²) in [6.07, 6.45) is 1.85. The van der Waals surface area contributed by atoms with E-state index < -0.39 is 22.2 Å². The molecule has 1 saturated heterocycles. The second kappa shape index (κ2) is 6.13. The minimum absolute atomic E-state index is 0.270. The SMILES string of the molecule is CN(CC1CCNCC1)c1c([N+](=O)[O-])ccc(F)c1F. The molecule has 1 heterocycles. The predicted molar refractivity (Wildman–Crippen MR) is 71.9 cm³/mol. The first-order valence-electron chi connectivity index (χ1n) is 6.55. The lowest BCUT2D eigenvalue weighted by atomic mass is 9.97. The lowest BCUT2D eigenvalue weighted by Crippen LogP contribution is -2.35. The van der Waals surface area contributed by atoms with Crippen LogP contribution in [0.2, 0.25) is 0 Å². The van der Waals surface area contributed by atoms with Gasteiger partial charge in [0.2, 0.25) is 0 Å². The van der Waals surface area contributed by atoms with Gasteiger partial charge < -0.3 is 10.2 Å². The van der Waals surface area contributed by atoms with Crippen LogP contribution in [0.4, 0.5) is 20.2 Å². The third kappa shape index (κ3) is 3.04.